The van der Waals surface area contributed by atoms with Crippen molar-refractivity contribution in [3.8, 4) is 33.6 Å². The van der Waals surface area contributed by atoms with E-state index in [9.17, 15) is 24.3 Å². The van der Waals surface area contributed by atoms with Crippen LogP contribution in [0.1, 0.15) is 66.7 Å². The summed E-state index contributed by atoms with van der Waals surface area (Å²) in [6.45, 7) is 2.37. The molecule has 7 rings (SSSR count). The Morgan fingerprint density at radius 2 is 1.29 bits per heavy atom. The SMILES string of the molecule is COC(=O)N[C@@H](C(=O)N(C)[C@@H](C)c1ncc(-c2ccc(-c3ccc(-c4cnc([C@@H]5CCCN5C(=O)[C@H](NC(=O)O)c5ccccc5)[nH]4)cc3)cc2)[nH]1)c1ccccc1. The van der Waals surface area contributed by atoms with Gasteiger partial charge in [0, 0.05) is 13.6 Å². The molecule has 0 saturated carbocycles. The number of hydrogen-bond acceptors (Lipinski definition) is 7. The maximum Gasteiger partial charge on any atom is 0.407 e. The quantitative estimate of drug-likeness (QED) is 0.0849. The van der Waals surface area contributed by atoms with Gasteiger partial charge in [0.05, 0.1) is 43.0 Å². The number of hydrogen-bond donors (Lipinski definition) is 5. The second-order valence-corrected chi connectivity index (χ2v) is 14.1. The van der Waals surface area contributed by atoms with Crippen molar-refractivity contribution in [2.75, 3.05) is 20.7 Å². The lowest BCUT2D eigenvalue weighted by molar-refractivity contribution is -0.135. The van der Waals surface area contributed by atoms with Crippen molar-refractivity contribution in [2.24, 2.45) is 0 Å². The van der Waals surface area contributed by atoms with E-state index in [0.717, 1.165) is 40.1 Å². The molecule has 0 bridgehead atoms. The smallest absolute Gasteiger partial charge is 0.407 e. The minimum atomic E-state index is -1.26. The summed E-state index contributed by atoms with van der Waals surface area (Å²) in [5.41, 5.74) is 6.72. The topological polar surface area (TPSA) is 186 Å². The number of benzene rings is 4. The lowest BCUT2D eigenvalue weighted by Gasteiger charge is -2.28. The van der Waals surface area contributed by atoms with Gasteiger partial charge in [-0.1, -0.05) is 109 Å². The molecule has 58 heavy (non-hydrogen) atoms. The van der Waals surface area contributed by atoms with Gasteiger partial charge in [-0.3, -0.25) is 9.59 Å². The van der Waals surface area contributed by atoms with E-state index in [1.807, 2.05) is 67.6 Å². The number of carbonyl (C=O) groups excluding carboxylic acids is 3. The first kappa shape index (κ1) is 39.0. The molecule has 3 heterocycles. The molecule has 1 aliphatic rings. The summed E-state index contributed by atoms with van der Waals surface area (Å²) in [4.78, 5) is 70.3. The predicted molar refractivity (Wildman–Crippen MR) is 217 cm³/mol. The number of H-pyrrole nitrogens is 2. The van der Waals surface area contributed by atoms with Crippen LogP contribution in [-0.4, -0.2) is 79.5 Å². The van der Waals surface area contributed by atoms with E-state index in [2.05, 4.69) is 30.6 Å². The number of imidazole rings is 2. The van der Waals surface area contributed by atoms with E-state index in [4.69, 9.17) is 4.74 Å². The number of aromatic nitrogens is 4. The first-order valence-electron chi connectivity index (χ1n) is 18.9. The number of aromatic amines is 2. The molecule has 1 fully saturated rings. The monoisotopic (exact) mass is 780 g/mol. The third-order valence-electron chi connectivity index (χ3n) is 10.6. The number of amides is 4. The Morgan fingerprint density at radius 1 is 0.759 bits per heavy atom. The van der Waals surface area contributed by atoms with E-state index < -0.39 is 30.3 Å². The van der Waals surface area contributed by atoms with Crippen molar-refractivity contribution in [2.45, 2.75) is 43.9 Å². The van der Waals surface area contributed by atoms with Crippen LogP contribution in [0, 0.1) is 0 Å². The maximum absolute atomic E-state index is 13.7. The van der Waals surface area contributed by atoms with Gasteiger partial charge in [-0.05, 0) is 53.1 Å². The van der Waals surface area contributed by atoms with Gasteiger partial charge in [-0.15, -0.1) is 0 Å². The number of carbonyl (C=O) groups is 4. The van der Waals surface area contributed by atoms with Gasteiger partial charge in [0.25, 0.3) is 5.91 Å². The van der Waals surface area contributed by atoms with Gasteiger partial charge < -0.3 is 40.2 Å². The highest BCUT2D eigenvalue weighted by molar-refractivity contribution is 5.88. The molecule has 4 amide bonds. The highest BCUT2D eigenvalue weighted by Crippen LogP contribution is 2.35. The van der Waals surface area contributed by atoms with E-state index in [-0.39, 0.29) is 17.9 Å². The van der Waals surface area contributed by atoms with Crippen LogP contribution >= 0.6 is 0 Å². The van der Waals surface area contributed by atoms with E-state index >= 15 is 0 Å². The largest absolute Gasteiger partial charge is 0.465 e. The van der Waals surface area contributed by atoms with E-state index in [1.165, 1.54) is 7.11 Å². The number of nitrogens with zero attached hydrogens (tertiary/aromatic N) is 4. The molecule has 4 aromatic carbocycles. The average Bonchev–Trinajstić information content (AvgIpc) is 4.07. The Bertz CT molecular complexity index is 2360. The molecule has 4 atom stereocenters. The summed E-state index contributed by atoms with van der Waals surface area (Å²) < 4.78 is 4.77. The zero-order valence-corrected chi connectivity index (χ0v) is 32.3. The van der Waals surface area contributed by atoms with Gasteiger partial charge in [0.15, 0.2) is 0 Å². The molecule has 0 radical (unpaired) electrons. The van der Waals surface area contributed by atoms with Crippen LogP contribution in [0.25, 0.3) is 33.6 Å². The van der Waals surface area contributed by atoms with Crippen LogP contribution < -0.4 is 10.6 Å². The lowest BCUT2D eigenvalue weighted by atomic mass is 10.0. The van der Waals surface area contributed by atoms with Crippen molar-refractivity contribution in [1.82, 2.24) is 40.4 Å². The van der Waals surface area contributed by atoms with Crippen molar-refractivity contribution >= 4 is 24.0 Å². The molecule has 0 aliphatic carbocycles. The molecule has 6 aromatic rings. The van der Waals surface area contributed by atoms with Crippen molar-refractivity contribution in [3.63, 3.8) is 0 Å². The zero-order valence-electron chi connectivity index (χ0n) is 32.3. The molecule has 296 valence electrons. The Labute approximate surface area is 335 Å². The van der Waals surface area contributed by atoms with Crippen molar-refractivity contribution < 1.29 is 29.0 Å². The Morgan fingerprint density at radius 3 is 1.86 bits per heavy atom. The summed E-state index contributed by atoms with van der Waals surface area (Å²) in [5.74, 6) is 0.623. The number of rotatable bonds is 12. The maximum atomic E-state index is 13.7. The summed E-state index contributed by atoms with van der Waals surface area (Å²) in [7, 11) is 2.93. The molecular formula is C44H44N8O6. The molecule has 14 heteroatoms. The second kappa shape index (κ2) is 17.3. The molecule has 1 aliphatic heterocycles. The minimum Gasteiger partial charge on any atom is -0.465 e. The van der Waals surface area contributed by atoms with E-state index in [0.29, 0.717) is 35.7 Å². The van der Waals surface area contributed by atoms with Crippen molar-refractivity contribution in [3.05, 3.63) is 144 Å². The highest BCUT2D eigenvalue weighted by Gasteiger charge is 2.37. The van der Waals surface area contributed by atoms with Crippen LogP contribution in [0.4, 0.5) is 9.59 Å². The molecule has 5 N–H and O–H groups in total. The fourth-order valence-electron chi connectivity index (χ4n) is 7.26. The Hall–Kier alpha value is -7.22. The molecule has 14 nitrogen and oxygen atoms in total. The fraction of sp³-hybridized carbons (Fsp3) is 0.227. The number of likely N-dealkylation sites (tertiary alicyclic amines) is 1. The van der Waals surface area contributed by atoms with Crippen molar-refractivity contribution in [1.29, 1.82) is 0 Å². The van der Waals surface area contributed by atoms with Gasteiger partial charge in [-0.25, -0.2) is 19.6 Å². The summed E-state index contributed by atoms with van der Waals surface area (Å²) in [5, 5.41) is 14.5. The number of methoxy groups -OCH3 is 1. The third-order valence-corrected chi connectivity index (χ3v) is 10.6. The molecule has 0 spiro atoms. The van der Waals surface area contributed by atoms with Gasteiger partial charge in [0.2, 0.25) is 5.91 Å². The number of carboxylic acid groups (broad SMARTS) is 1. The van der Waals surface area contributed by atoms with Gasteiger partial charge >= 0.3 is 12.2 Å². The number of ether oxygens (including phenoxy) is 1. The zero-order chi connectivity index (χ0) is 40.8. The van der Waals surface area contributed by atoms with Gasteiger partial charge in [-0.2, -0.15) is 0 Å². The second-order valence-electron chi connectivity index (χ2n) is 14.1. The van der Waals surface area contributed by atoms with Crippen LogP contribution in [0.5, 0.6) is 0 Å². The summed E-state index contributed by atoms with van der Waals surface area (Å²) in [6.07, 6.45) is 3.02. The van der Waals surface area contributed by atoms with E-state index in [1.54, 1.807) is 77.8 Å². The standard InChI is InChI=1S/C44H44N8O6/c1-27(51(2)41(53)37(50-44(57)58-3)32-11-6-4-7-12-32)39-45-25-34(47-39)30-20-16-28(17-21-30)29-18-22-31(23-19-29)35-26-46-40(48-35)36-15-10-24-52(36)42(54)38(49-43(55)56)33-13-8-5-9-14-33/h4-9,11-14,16-23,25-27,36-38,49H,10,15,24H2,1-3H3,(H,45,47)(H,46,48)(H,50,57)(H,55,56)/t27-,36-,37+,38+/m0/s1. The highest BCUT2D eigenvalue weighted by atomic mass is 16.5. The summed E-state index contributed by atoms with van der Waals surface area (Å²) >= 11 is 0. The Balaban J connectivity index is 1.00. The van der Waals surface area contributed by atoms with Gasteiger partial charge in [0.1, 0.15) is 23.7 Å². The fourth-order valence-corrected chi connectivity index (χ4v) is 7.26. The lowest BCUT2D eigenvalue weighted by Crippen LogP contribution is -2.42. The number of likely N-dealkylation sites (N-methyl/N-ethyl adjacent to an activating group) is 1. The van der Waals surface area contributed by atoms with Crippen LogP contribution in [0.3, 0.4) is 0 Å². The Kier molecular flexibility index (Phi) is 11.6. The normalized spacial score (nSPS) is 15.2. The molecule has 1 saturated heterocycles. The predicted octanol–water partition coefficient (Wildman–Crippen LogP) is 7.42. The number of alkyl carbamates (subject to hydrolysis) is 1. The average molecular weight is 781 g/mol. The first-order chi connectivity index (χ1) is 28.1. The third kappa shape index (κ3) is 8.45. The molecular weight excluding hydrogens is 737 g/mol. The first-order valence-corrected chi connectivity index (χ1v) is 18.9. The summed E-state index contributed by atoms with van der Waals surface area (Å²) in [6, 6.07) is 31.4. The van der Waals surface area contributed by atoms with Crippen LogP contribution in [0.2, 0.25) is 0 Å². The van der Waals surface area contributed by atoms with Crippen LogP contribution in [-0.2, 0) is 14.3 Å². The number of nitrogens with one attached hydrogen (secondary N) is 4. The van der Waals surface area contributed by atoms with Crippen LogP contribution in [0.15, 0.2) is 122 Å². The molecule has 2 aromatic heterocycles. The minimum absolute atomic E-state index is 0.305. The molecule has 0 unspecified atom stereocenters.